The molecule has 1 aliphatic rings. The maximum Gasteiger partial charge on any atom is 0.281 e. The Labute approximate surface area is 203 Å². The van der Waals surface area contributed by atoms with E-state index in [9.17, 15) is 4.79 Å². The van der Waals surface area contributed by atoms with Crippen molar-refractivity contribution in [2.24, 2.45) is 5.10 Å². The molecule has 5 heteroatoms. The molecule has 0 N–H and O–H groups in total. The molecule has 1 aliphatic heterocycles. The lowest BCUT2D eigenvalue weighted by Crippen LogP contribution is -2.21. The SMILES string of the molecule is O=C1/C(=C/c2ccc(OCc3ccccc3Cl)cc2)C(c2ccccc2)=NN1c1ccccc1. The van der Waals surface area contributed by atoms with E-state index < -0.39 is 0 Å². The quantitative estimate of drug-likeness (QED) is 0.296. The molecule has 0 unspecified atom stereocenters. The molecule has 166 valence electrons. The van der Waals surface area contributed by atoms with Crippen LogP contribution >= 0.6 is 11.6 Å². The first kappa shape index (κ1) is 21.7. The number of para-hydroxylation sites is 1. The van der Waals surface area contributed by atoms with Gasteiger partial charge in [-0.25, -0.2) is 0 Å². The van der Waals surface area contributed by atoms with Gasteiger partial charge < -0.3 is 4.74 Å². The Kier molecular flexibility index (Phi) is 6.23. The van der Waals surface area contributed by atoms with E-state index in [1.807, 2.05) is 115 Å². The van der Waals surface area contributed by atoms with E-state index in [1.54, 1.807) is 0 Å². The molecule has 0 saturated heterocycles. The molecule has 0 bridgehead atoms. The van der Waals surface area contributed by atoms with Crippen molar-refractivity contribution in [3.63, 3.8) is 0 Å². The van der Waals surface area contributed by atoms with Crippen LogP contribution in [0.1, 0.15) is 16.7 Å². The van der Waals surface area contributed by atoms with Gasteiger partial charge in [-0.2, -0.15) is 10.1 Å². The first-order valence-electron chi connectivity index (χ1n) is 10.9. The minimum absolute atomic E-state index is 0.163. The monoisotopic (exact) mass is 464 g/mol. The van der Waals surface area contributed by atoms with Gasteiger partial charge in [0.15, 0.2) is 0 Å². The van der Waals surface area contributed by atoms with E-state index in [0.717, 1.165) is 28.1 Å². The molecule has 0 atom stereocenters. The topological polar surface area (TPSA) is 41.9 Å². The minimum Gasteiger partial charge on any atom is -0.489 e. The van der Waals surface area contributed by atoms with Crippen molar-refractivity contribution >= 4 is 35.0 Å². The number of hydrazone groups is 1. The fourth-order valence-electron chi connectivity index (χ4n) is 3.70. The van der Waals surface area contributed by atoms with Crippen molar-refractivity contribution in [1.29, 1.82) is 0 Å². The molecule has 34 heavy (non-hydrogen) atoms. The van der Waals surface area contributed by atoms with Crippen LogP contribution in [0, 0.1) is 0 Å². The molecule has 0 aromatic heterocycles. The normalized spacial score (nSPS) is 14.4. The van der Waals surface area contributed by atoms with Gasteiger partial charge in [-0.1, -0.05) is 90.5 Å². The van der Waals surface area contributed by atoms with E-state index in [-0.39, 0.29) is 5.91 Å². The fourth-order valence-corrected chi connectivity index (χ4v) is 3.89. The van der Waals surface area contributed by atoms with Gasteiger partial charge in [-0.05, 0) is 42.0 Å². The van der Waals surface area contributed by atoms with Gasteiger partial charge in [0.1, 0.15) is 18.1 Å². The predicted octanol–water partition coefficient (Wildman–Crippen LogP) is 6.75. The third kappa shape index (κ3) is 4.63. The fraction of sp³-hybridized carbons (Fsp3) is 0.0345. The lowest BCUT2D eigenvalue weighted by molar-refractivity contribution is -0.114. The second-order valence-corrected chi connectivity index (χ2v) is 8.18. The van der Waals surface area contributed by atoms with Crippen molar-refractivity contribution in [1.82, 2.24) is 0 Å². The Morgan fingerprint density at radius 2 is 1.44 bits per heavy atom. The number of amides is 1. The lowest BCUT2D eigenvalue weighted by atomic mass is 10.0. The van der Waals surface area contributed by atoms with Crippen LogP contribution in [0.15, 0.2) is 120 Å². The van der Waals surface area contributed by atoms with Gasteiger partial charge >= 0.3 is 0 Å². The molecule has 1 amide bonds. The predicted molar refractivity (Wildman–Crippen MR) is 137 cm³/mol. The highest BCUT2D eigenvalue weighted by Gasteiger charge is 2.31. The van der Waals surface area contributed by atoms with Crippen LogP contribution in [0.5, 0.6) is 5.75 Å². The summed E-state index contributed by atoms with van der Waals surface area (Å²) in [5, 5.41) is 6.80. The van der Waals surface area contributed by atoms with Gasteiger partial charge in [0.05, 0.1) is 11.3 Å². The Balaban J connectivity index is 1.41. The molecule has 0 aliphatic carbocycles. The van der Waals surface area contributed by atoms with E-state index in [1.165, 1.54) is 5.01 Å². The van der Waals surface area contributed by atoms with Gasteiger partial charge in [0.2, 0.25) is 0 Å². The van der Waals surface area contributed by atoms with E-state index in [0.29, 0.717) is 22.9 Å². The first-order valence-corrected chi connectivity index (χ1v) is 11.3. The van der Waals surface area contributed by atoms with Gasteiger partial charge in [0.25, 0.3) is 5.91 Å². The molecule has 0 radical (unpaired) electrons. The van der Waals surface area contributed by atoms with Crippen LogP contribution in [-0.4, -0.2) is 11.6 Å². The highest BCUT2D eigenvalue weighted by molar-refractivity contribution is 6.37. The number of ether oxygens (including phenoxy) is 1. The zero-order valence-electron chi connectivity index (χ0n) is 18.3. The molecule has 0 fully saturated rings. The van der Waals surface area contributed by atoms with Crippen LogP contribution in [0.25, 0.3) is 6.08 Å². The number of anilines is 1. The summed E-state index contributed by atoms with van der Waals surface area (Å²) in [5.74, 6) is 0.562. The van der Waals surface area contributed by atoms with Crippen molar-refractivity contribution in [3.8, 4) is 5.75 Å². The number of hydrogen-bond acceptors (Lipinski definition) is 3. The average molecular weight is 465 g/mol. The van der Waals surface area contributed by atoms with Crippen molar-refractivity contribution in [2.75, 3.05) is 5.01 Å². The molecular weight excluding hydrogens is 444 g/mol. The highest BCUT2D eigenvalue weighted by atomic mass is 35.5. The van der Waals surface area contributed by atoms with E-state index in [4.69, 9.17) is 16.3 Å². The third-order valence-electron chi connectivity index (χ3n) is 5.47. The number of rotatable bonds is 6. The Morgan fingerprint density at radius 3 is 2.15 bits per heavy atom. The average Bonchev–Trinajstić information content (AvgIpc) is 3.21. The molecule has 5 rings (SSSR count). The largest absolute Gasteiger partial charge is 0.489 e. The van der Waals surface area contributed by atoms with Crippen LogP contribution in [-0.2, 0) is 11.4 Å². The molecule has 4 aromatic carbocycles. The summed E-state index contributed by atoms with van der Waals surface area (Å²) < 4.78 is 5.88. The van der Waals surface area contributed by atoms with Crippen molar-refractivity contribution in [3.05, 3.63) is 136 Å². The summed E-state index contributed by atoms with van der Waals surface area (Å²) in [4.78, 5) is 13.4. The molecule has 1 heterocycles. The van der Waals surface area contributed by atoms with Crippen molar-refractivity contribution in [2.45, 2.75) is 6.61 Å². The second-order valence-electron chi connectivity index (χ2n) is 7.77. The summed E-state index contributed by atoms with van der Waals surface area (Å²) in [7, 11) is 0. The van der Waals surface area contributed by atoms with E-state index >= 15 is 0 Å². The highest BCUT2D eigenvalue weighted by Crippen LogP contribution is 2.28. The summed E-state index contributed by atoms with van der Waals surface area (Å²) in [6, 6.07) is 34.4. The number of halogens is 1. The van der Waals surface area contributed by atoms with Crippen LogP contribution < -0.4 is 9.75 Å². The first-order chi connectivity index (χ1) is 16.7. The smallest absolute Gasteiger partial charge is 0.281 e. The zero-order chi connectivity index (χ0) is 23.3. The van der Waals surface area contributed by atoms with Gasteiger partial charge in [-0.15, -0.1) is 0 Å². The molecular formula is C29H21ClN2O2. The van der Waals surface area contributed by atoms with Gasteiger partial charge in [0, 0.05) is 16.1 Å². The number of carbonyl (C=O) groups excluding carboxylic acids is 1. The molecule has 0 spiro atoms. The maximum absolute atomic E-state index is 13.4. The summed E-state index contributed by atoms with van der Waals surface area (Å²) in [6.07, 6.45) is 1.87. The number of nitrogens with zero attached hydrogens (tertiary/aromatic N) is 2. The molecule has 4 aromatic rings. The lowest BCUT2D eigenvalue weighted by Gasteiger charge is -2.11. The van der Waals surface area contributed by atoms with Crippen LogP contribution in [0.2, 0.25) is 5.02 Å². The zero-order valence-corrected chi connectivity index (χ0v) is 19.0. The Bertz CT molecular complexity index is 1360. The summed E-state index contributed by atoms with van der Waals surface area (Å²) in [5.41, 5.74) is 4.62. The van der Waals surface area contributed by atoms with Crippen molar-refractivity contribution < 1.29 is 9.53 Å². The maximum atomic E-state index is 13.4. The summed E-state index contributed by atoms with van der Waals surface area (Å²) in [6.45, 7) is 0.384. The summed E-state index contributed by atoms with van der Waals surface area (Å²) >= 11 is 6.21. The Hall–Kier alpha value is -4.15. The number of carbonyl (C=O) groups is 1. The third-order valence-corrected chi connectivity index (χ3v) is 5.84. The molecule has 4 nitrogen and oxygen atoms in total. The van der Waals surface area contributed by atoms with E-state index in [2.05, 4.69) is 5.10 Å². The standard InChI is InChI=1S/C29H21ClN2O2/c30-27-14-8-7-11-23(27)20-34-25-17-15-21(16-18-25)19-26-28(22-9-3-1-4-10-22)31-32(29(26)33)24-12-5-2-6-13-24/h1-19H,20H2/b26-19+. The number of benzene rings is 4. The van der Waals surface area contributed by atoms with Gasteiger partial charge in [-0.3, -0.25) is 4.79 Å². The molecule has 0 saturated carbocycles. The second kappa shape index (κ2) is 9.77. The Morgan fingerprint density at radius 1 is 0.794 bits per heavy atom. The minimum atomic E-state index is -0.163. The van der Waals surface area contributed by atoms with Crippen LogP contribution in [0.4, 0.5) is 5.69 Å². The number of hydrogen-bond donors (Lipinski definition) is 0. The van der Waals surface area contributed by atoms with Crippen LogP contribution in [0.3, 0.4) is 0 Å².